The number of hydrogen-bond donors (Lipinski definition) is 1. The highest BCUT2D eigenvalue weighted by Crippen LogP contribution is 2.22. The zero-order valence-corrected chi connectivity index (χ0v) is 14.7. The van der Waals surface area contributed by atoms with Crippen molar-refractivity contribution in [1.29, 1.82) is 0 Å². The van der Waals surface area contributed by atoms with Gasteiger partial charge >= 0.3 is 0 Å². The fraction of sp³-hybridized carbons (Fsp3) is 0.533. The molecule has 0 spiro atoms. The van der Waals surface area contributed by atoms with Crippen LogP contribution in [0.1, 0.15) is 0 Å². The SMILES string of the molecule is Cl.Cl.O=C(C1COCCN1)N1CCN(c2cc(F)ccc2F)CC1. The van der Waals surface area contributed by atoms with Crippen LogP contribution >= 0.6 is 24.8 Å². The third kappa shape index (κ3) is 4.69. The Morgan fingerprint density at radius 1 is 1.17 bits per heavy atom. The summed E-state index contributed by atoms with van der Waals surface area (Å²) in [6, 6.07) is 3.13. The van der Waals surface area contributed by atoms with Crippen molar-refractivity contribution in [2.75, 3.05) is 50.8 Å². The molecule has 0 radical (unpaired) electrons. The van der Waals surface area contributed by atoms with Crippen LogP contribution in [0.4, 0.5) is 14.5 Å². The van der Waals surface area contributed by atoms with Crippen molar-refractivity contribution in [2.45, 2.75) is 6.04 Å². The van der Waals surface area contributed by atoms with Gasteiger partial charge in [-0.3, -0.25) is 4.79 Å². The predicted molar refractivity (Wildman–Crippen MR) is 92.3 cm³/mol. The smallest absolute Gasteiger partial charge is 0.242 e. The summed E-state index contributed by atoms with van der Waals surface area (Å²) in [6.07, 6.45) is 0. The normalized spacial score (nSPS) is 20.8. The Kier molecular flexibility index (Phi) is 8.15. The highest BCUT2D eigenvalue weighted by molar-refractivity contribution is 5.85. The highest BCUT2D eigenvalue weighted by Gasteiger charge is 2.29. The summed E-state index contributed by atoms with van der Waals surface area (Å²) in [6.45, 7) is 3.64. The molecule has 2 fully saturated rings. The zero-order chi connectivity index (χ0) is 15.5. The van der Waals surface area contributed by atoms with Gasteiger partial charge in [0.2, 0.25) is 5.91 Å². The summed E-state index contributed by atoms with van der Waals surface area (Å²) >= 11 is 0. The van der Waals surface area contributed by atoms with Crippen molar-refractivity contribution >= 4 is 36.4 Å². The van der Waals surface area contributed by atoms with Gasteiger partial charge in [-0.1, -0.05) is 0 Å². The fourth-order valence-electron chi connectivity index (χ4n) is 2.84. The number of nitrogens with zero attached hydrogens (tertiary/aromatic N) is 2. The second-order valence-electron chi connectivity index (χ2n) is 5.49. The van der Waals surface area contributed by atoms with Gasteiger partial charge in [0.1, 0.15) is 17.7 Å². The van der Waals surface area contributed by atoms with E-state index in [1.165, 1.54) is 6.07 Å². The molecular weight excluding hydrogens is 363 g/mol. The van der Waals surface area contributed by atoms with E-state index >= 15 is 0 Å². The Balaban J connectivity index is 0.00000144. The first-order valence-electron chi connectivity index (χ1n) is 7.45. The van der Waals surface area contributed by atoms with Gasteiger partial charge in [-0.05, 0) is 12.1 Å². The minimum atomic E-state index is -0.460. The summed E-state index contributed by atoms with van der Waals surface area (Å²) in [5.41, 5.74) is 0.256. The molecule has 1 atom stereocenters. The van der Waals surface area contributed by atoms with E-state index in [2.05, 4.69) is 5.32 Å². The van der Waals surface area contributed by atoms with E-state index in [1.807, 2.05) is 0 Å². The van der Waals surface area contributed by atoms with Gasteiger partial charge in [-0.2, -0.15) is 0 Å². The molecule has 3 rings (SSSR count). The number of carbonyl (C=O) groups excluding carboxylic acids is 1. The van der Waals surface area contributed by atoms with Crippen molar-refractivity contribution in [3.05, 3.63) is 29.8 Å². The molecule has 1 unspecified atom stereocenters. The number of ether oxygens (including phenoxy) is 1. The molecule has 1 aromatic rings. The second kappa shape index (κ2) is 9.36. The quantitative estimate of drug-likeness (QED) is 0.839. The van der Waals surface area contributed by atoms with Crippen molar-refractivity contribution in [1.82, 2.24) is 10.2 Å². The summed E-state index contributed by atoms with van der Waals surface area (Å²) in [5, 5.41) is 3.14. The first-order chi connectivity index (χ1) is 10.6. The number of rotatable bonds is 2. The van der Waals surface area contributed by atoms with Crippen LogP contribution in [0.3, 0.4) is 0 Å². The Morgan fingerprint density at radius 3 is 2.50 bits per heavy atom. The highest BCUT2D eigenvalue weighted by atomic mass is 35.5. The van der Waals surface area contributed by atoms with Crippen LogP contribution in [0.5, 0.6) is 0 Å². The molecule has 2 saturated heterocycles. The summed E-state index contributed by atoms with van der Waals surface area (Å²) in [4.78, 5) is 15.9. The molecule has 2 aliphatic rings. The van der Waals surface area contributed by atoms with E-state index in [0.717, 1.165) is 12.1 Å². The molecule has 136 valence electrons. The van der Waals surface area contributed by atoms with Gasteiger partial charge < -0.3 is 19.9 Å². The number of morpholine rings is 1. The number of anilines is 1. The van der Waals surface area contributed by atoms with Gasteiger partial charge in [-0.15, -0.1) is 24.8 Å². The van der Waals surface area contributed by atoms with Crippen LogP contribution < -0.4 is 10.2 Å². The number of halogens is 4. The van der Waals surface area contributed by atoms with Gasteiger partial charge in [0.15, 0.2) is 0 Å². The lowest BCUT2D eigenvalue weighted by Crippen LogP contribution is -2.57. The fourth-order valence-corrected chi connectivity index (χ4v) is 2.84. The zero-order valence-electron chi connectivity index (χ0n) is 13.0. The first kappa shape index (κ1) is 20.9. The minimum absolute atomic E-state index is 0. The van der Waals surface area contributed by atoms with E-state index in [0.29, 0.717) is 45.9 Å². The number of piperazine rings is 1. The maximum atomic E-state index is 13.8. The van der Waals surface area contributed by atoms with E-state index < -0.39 is 11.6 Å². The number of carbonyl (C=O) groups is 1. The molecule has 1 amide bonds. The predicted octanol–water partition coefficient (Wildman–Crippen LogP) is 1.45. The molecular formula is C15H21Cl2F2N3O2. The molecule has 24 heavy (non-hydrogen) atoms. The van der Waals surface area contributed by atoms with E-state index in [1.54, 1.807) is 9.80 Å². The van der Waals surface area contributed by atoms with E-state index in [-0.39, 0.29) is 42.5 Å². The Hall–Kier alpha value is -1.15. The molecule has 2 heterocycles. The van der Waals surface area contributed by atoms with Gasteiger partial charge in [0.05, 0.1) is 18.9 Å². The molecule has 2 aliphatic heterocycles. The summed E-state index contributed by atoms with van der Waals surface area (Å²) in [7, 11) is 0. The third-order valence-corrected chi connectivity index (χ3v) is 4.06. The molecule has 0 bridgehead atoms. The lowest BCUT2D eigenvalue weighted by atomic mass is 10.2. The van der Waals surface area contributed by atoms with Crippen LogP contribution in [-0.4, -0.2) is 62.8 Å². The third-order valence-electron chi connectivity index (χ3n) is 4.06. The summed E-state index contributed by atoms with van der Waals surface area (Å²) in [5.74, 6) is -0.888. The molecule has 1 N–H and O–H groups in total. The molecule has 1 aromatic carbocycles. The molecule has 0 saturated carbocycles. The molecule has 5 nitrogen and oxygen atoms in total. The van der Waals surface area contributed by atoms with Crippen LogP contribution in [0.25, 0.3) is 0 Å². The lowest BCUT2D eigenvalue weighted by Gasteiger charge is -2.38. The van der Waals surface area contributed by atoms with Gasteiger partial charge in [0, 0.05) is 38.8 Å². The van der Waals surface area contributed by atoms with Crippen molar-refractivity contribution in [2.24, 2.45) is 0 Å². The monoisotopic (exact) mass is 383 g/mol. The number of hydrogen-bond acceptors (Lipinski definition) is 4. The van der Waals surface area contributed by atoms with E-state index in [9.17, 15) is 13.6 Å². The maximum Gasteiger partial charge on any atom is 0.242 e. The Bertz CT molecular complexity index is 552. The Labute approximate surface area is 152 Å². The van der Waals surface area contributed by atoms with Gasteiger partial charge in [0.25, 0.3) is 0 Å². The molecule has 0 aliphatic carbocycles. The standard InChI is InChI=1S/C15H19F2N3O2.2ClH/c16-11-1-2-12(17)14(9-11)19-4-6-20(7-5-19)15(21)13-10-22-8-3-18-13;;/h1-2,9,13,18H,3-8,10H2;2*1H. The molecule has 9 heteroatoms. The topological polar surface area (TPSA) is 44.8 Å². The average Bonchev–Trinajstić information content (AvgIpc) is 2.57. The van der Waals surface area contributed by atoms with Gasteiger partial charge in [-0.25, -0.2) is 8.78 Å². The number of amides is 1. The first-order valence-corrected chi connectivity index (χ1v) is 7.45. The number of benzene rings is 1. The van der Waals surface area contributed by atoms with Crippen LogP contribution in [0.15, 0.2) is 18.2 Å². The van der Waals surface area contributed by atoms with Crippen molar-refractivity contribution in [3.63, 3.8) is 0 Å². The number of nitrogens with one attached hydrogen (secondary N) is 1. The van der Waals surface area contributed by atoms with Crippen LogP contribution in [0.2, 0.25) is 0 Å². The van der Waals surface area contributed by atoms with Crippen molar-refractivity contribution < 1.29 is 18.3 Å². The second-order valence-corrected chi connectivity index (χ2v) is 5.49. The van der Waals surface area contributed by atoms with E-state index in [4.69, 9.17) is 4.74 Å². The average molecular weight is 384 g/mol. The Morgan fingerprint density at radius 2 is 1.88 bits per heavy atom. The minimum Gasteiger partial charge on any atom is -0.378 e. The van der Waals surface area contributed by atoms with Crippen LogP contribution in [-0.2, 0) is 9.53 Å². The maximum absolute atomic E-state index is 13.8. The van der Waals surface area contributed by atoms with Crippen molar-refractivity contribution in [3.8, 4) is 0 Å². The molecule has 0 aromatic heterocycles. The van der Waals surface area contributed by atoms with Crippen LogP contribution in [0, 0.1) is 11.6 Å². The summed E-state index contributed by atoms with van der Waals surface area (Å²) < 4.78 is 32.4. The largest absolute Gasteiger partial charge is 0.378 e. The lowest BCUT2D eigenvalue weighted by molar-refractivity contribution is -0.136.